The third kappa shape index (κ3) is 4.63. The van der Waals surface area contributed by atoms with Crippen molar-refractivity contribution in [2.24, 2.45) is 52.3 Å². The third-order valence-corrected chi connectivity index (χ3v) is 13.1. The first kappa shape index (κ1) is 27.8. The molecule has 0 aromatic rings. The molecule has 0 aliphatic heterocycles. The van der Waals surface area contributed by atoms with Gasteiger partial charge in [-0.2, -0.15) is 0 Å². The second-order valence-electron chi connectivity index (χ2n) is 13.8. The minimum atomic E-state index is -0.305. The second kappa shape index (κ2) is 10.1. The first-order valence-corrected chi connectivity index (χ1v) is 15.6. The Labute approximate surface area is 225 Å². The van der Waals surface area contributed by atoms with E-state index in [9.17, 15) is 4.79 Å². The number of allylic oxidation sites excluding steroid dienone is 2. The van der Waals surface area contributed by atoms with Gasteiger partial charge in [0.25, 0.3) is 0 Å². The van der Waals surface area contributed by atoms with Crippen LogP contribution in [0.3, 0.4) is 0 Å². The molecular weight excluding hydrogens is 495 g/mol. The number of carbonyl (C=O) groups excluding carboxylic acids is 1. The van der Waals surface area contributed by atoms with Crippen LogP contribution < -0.4 is 0 Å². The zero-order chi connectivity index (χ0) is 25.8. The highest BCUT2D eigenvalue weighted by atomic mass is 79.9. The molecule has 0 N–H and O–H groups in total. The summed E-state index contributed by atoms with van der Waals surface area (Å²) in [6.07, 6.45) is 15.7. The Bertz CT molecular complexity index is 812. The maximum Gasteiger partial charge on any atom is 0.302 e. The van der Waals surface area contributed by atoms with Gasteiger partial charge in [-0.15, -0.1) is 0 Å². The van der Waals surface area contributed by atoms with E-state index in [0.717, 1.165) is 42.9 Å². The number of fused-ring (bicyclic) bond motifs is 5. The topological polar surface area (TPSA) is 26.3 Å². The summed E-state index contributed by atoms with van der Waals surface area (Å²) in [5.41, 5.74) is 0.550. The van der Waals surface area contributed by atoms with E-state index in [2.05, 4.69) is 69.6 Å². The number of esters is 1. The highest BCUT2D eigenvalue weighted by molar-refractivity contribution is 9.09. The largest absolute Gasteiger partial charge is 0.463 e. The fourth-order valence-electron chi connectivity index (χ4n) is 9.80. The molecule has 11 atom stereocenters. The first-order valence-electron chi connectivity index (χ1n) is 14.7. The Hall–Kier alpha value is -0.245. The van der Waals surface area contributed by atoms with Crippen LogP contribution in [0, 0.1) is 52.3 Å². The smallest absolute Gasteiger partial charge is 0.302 e. The molecule has 196 valence electrons. The Morgan fingerprint density at radius 1 is 1.09 bits per heavy atom. The summed E-state index contributed by atoms with van der Waals surface area (Å²) < 4.78 is 5.68. The standard InChI is InChI=1S/C31H50BBrO2/c1-8-22(19(2)3)10-9-20(4)25-11-12-26-24-17-28(33)31(32)18-23(35-21(5)34)13-16-30(31,7)27(24)14-15-29(25,26)6/h9-10,19-20,22-28H,8,11-18H2,1-7H3/b10-9+/t20-,22-,23+,24?,25-,26?,27?,28-,29-,30-,31+/m1/s1. The summed E-state index contributed by atoms with van der Waals surface area (Å²) in [4.78, 5) is 12.0. The molecule has 35 heavy (non-hydrogen) atoms. The van der Waals surface area contributed by atoms with Crippen molar-refractivity contribution in [3.05, 3.63) is 12.2 Å². The van der Waals surface area contributed by atoms with Crippen LogP contribution in [0.1, 0.15) is 106 Å². The van der Waals surface area contributed by atoms with E-state index < -0.39 is 0 Å². The molecule has 0 aromatic heterocycles. The van der Waals surface area contributed by atoms with Gasteiger partial charge in [-0.05, 0) is 115 Å². The van der Waals surface area contributed by atoms with Gasteiger partial charge in [0.1, 0.15) is 6.10 Å². The average molecular weight is 545 g/mol. The van der Waals surface area contributed by atoms with Crippen molar-refractivity contribution in [3.63, 3.8) is 0 Å². The maximum atomic E-state index is 11.7. The minimum Gasteiger partial charge on any atom is -0.463 e. The van der Waals surface area contributed by atoms with Gasteiger partial charge in [0.2, 0.25) is 0 Å². The van der Waals surface area contributed by atoms with Crippen molar-refractivity contribution in [1.82, 2.24) is 0 Å². The Kier molecular flexibility index (Phi) is 8.05. The lowest BCUT2D eigenvalue weighted by atomic mass is 9.35. The molecule has 4 aliphatic carbocycles. The van der Waals surface area contributed by atoms with Crippen LogP contribution in [0.2, 0.25) is 5.31 Å². The molecule has 4 rings (SSSR count). The highest BCUT2D eigenvalue weighted by Crippen LogP contribution is 2.74. The van der Waals surface area contributed by atoms with Crippen molar-refractivity contribution < 1.29 is 9.53 Å². The SMILES string of the molecule is [B][C@]12C[C@@H](OC(C)=O)CC[C@]1(C)C1CC[C@@]3(C)C(CC[C@@H]3[C@H](C)/C=C/[C@@H](CC)C(C)C)C1C[C@H]2Br. The molecule has 4 saturated carbocycles. The number of halogens is 1. The lowest BCUT2D eigenvalue weighted by Crippen LogP contribution is -2.60. The van der Waals surface area contributed by atoms with E-state index in [0.29, 0.717) is 23.2 Å². The molecule has 0 spiro atoms. The van der Waals surface area contributed by atoms with Crippen LogP contribution in [0.5, 0.6) is 0 Å². The van der Waals surface area contributed by atoms with Crippen LogP contribution in [-0.4, -0.2) is 24.7 Å². The quantitative estimate of drug-likeness (QED) is 0.145. The van der Waals surface area contributed by atoms with E-state index in [1.165, 1.54) is 45.4 Å². The first-order chi connectivity index (χ1) is 16.4. The van der Waals surface area contributed by atoms with Crippen molar-refractivity contribution in [2.45, 2.75) is 122 Å². The molecule has 4 fully saturated rings. The van der Waals surface area contributed by atoms with Gasteiger partial charge in [0.05, 0.1) is 7.85 Å². The fraction of sp³-hybridized carbons (Fsp3) is 0.903. The maximum absolute atomic E-state index is 11.7. The van der Waals surface area contributed by atoms with Crippen molar-refractivity contribution in [3.8, 4) is 0 Å². The lowest BCUT2D eigenvalue weighted by Gasteiger charge is -2.67. The molecule has 0 saturated heterocycles. The molecule has 4 aliphatic rings. The van der Waals surface area contributed by atoms with Gasteiger partial charge in [0.15, 0.2) is 0 Å². The second-order valence-corrected chi connectivity index (χ2v) is 14.9. The summed E-state index contributed by atoms with van der Waals surface area (Å²) in [6.45, 7) is 16.2. The van der Waals surface area contributed by atoms with E-state index in [-0.39, 0.29) is 27.6 Å². The summed E-state index contributed by atoms with van der Waals surface area (Å²) in [6, 6.07) is 0. The van der Waals surface area contributed by atoms with Crippen molar-refractivity contribution in [1.29, 1.82) is 0 Å². The molecule has 0 aromatic carbocycles. The molecule has 2 nitrogen and oxygen atoms in total. The predicted octanol–water partition coefficient (Wildman–Crippen LogP) is 8.54. The molecule has 0 bridgehead atoms. The molecule has 2 radical (unpaired) electrons. The highest BCUT2D eigenvalue weighted by Gasteiger charge is 2.65. The molecular formula is C31H50BBrO2. The number of alkyl halides is 1. The van der Waals surface area contributed by atoms with Gasteiger partial charge in [-0.25, -0.2) is 0 Å². The number of carbonyl (C=O) groups is 1. The van der Waals surface area contributed by atoms with Gasteiger partial charge in [0, 0.05) is 11.8 Å². The van der Waals surface area contributed by atoms with Crippen LogP contribution in [0.15, 0.2) is 12.2 Å². The zero-order valence-electron chi connectivity index (χ0n) is 23.5. The van der Waals surface area contributed by atoms with Crippen LogP contribution in [-0.2, 0) is 9.53 Å². The minimum absolute atomic E-state index is 0.0303. The van der Waals surface area contributed by atoms with Crippen LogP contribution >= 0.6 is 15.9 Å². The molecule has 0 amide bonds. The molecule has 4 heteroatoms. The van der Waals surface area contributed by atoms with E-state index in [1.54, 1.807) is 0 Å². The van der Waals surface area contributed by atoms with E-state index >= 15 is 0 Å². The number of rotatable bonds is 6. The van der Waals surface area contributed by atoms with Gasteiger partial charge >= 0.3 is 5.97 Å². The van der Waals surface area contributed by atoms with E-state index in [1.807, 2.05) is 0 Å². The molecule has 3 unspecified atom stereocenters. The third-order valence-electron chi connectivity index (χ3n) is 11.9. The van der Waals surface area contributed by atoms with E-state index in [4.69, 9.17) is 12.6 Å². The Morgan fingerprint density at radius 3 is 2.43 bits per heavy atom. The number of hydrogen-bond acceptors (Lipinski definition) is 2. The van der Waals surface area contributed by atoms with Crippen molar-refractivity contribution in [2.75, 3.05) is 0 Å². The van der Waals surface area contributed by atoms with Gasteiger partial charge < -0.3 is 4.74 Å². The lowest BCUT2D eigenvalue weighted by molar-refractivity contribution is -0.157. The number of hydrogen-bond donors (Lipinski definition) is 0. The Morgan fingerprint density at radius 2 is 1.80 bits per heavy atom. The summed E-state index contributed by atoms with van der Waals surface area (Å²) in [5.74, 6) is 4.94. The average Bonchev–Trinajstić information content (AvgIpc) is 3.13. The zero-order valence-corrected chi connectivity index (χ0v) is 25.1. The monoisotopic (exact) mass is 544 g/mol. The fourth-order valence-corrected chi connectivity index (χ4v) is 10.9. The predicted molar refractivity (Wildman–Crippen MR) is 151 cm³/mol. The molecule has 0 heterocycles. The summed E-state index contributed by atoms with van der Waals surface area (Å²) in [7, 11) is 7.32. The number of ether oxygens (including phenoxy) is 1. The van der Waals surface area contributed by atoms with Gasteiger partial charge in [-0.3, -0.25) is 4.79 Å². The van der Waals surface area contributed by atoms with Gasteiger partial charge in [-0.1, -0.05) is 69.6 Å². The van der Waals surface area contributed by atoms with Crippen LogP contribution in [0.25, 0.3) is 0 Å². The summed E-state index contributed by atoms with van der Waals surface area (Å²) in [5, 5.41) is -0.305. The normalized spacial score (nSPS) is 47.1. The van der Waals surface area contributed by atoms with Crippen LogP contribution in [0.4, 0.5) is 0 Å². The summed E-state index contributed by atoms with van der Waals surface area (Å²) >= 11 is 4.12. The van der Waals surface area contributed by atoms with Crippen molar-refractivity contribution >= 4 is 29.7 Å². The Balaban J connectivity index is 1.54.